The topological polar surface area (TPSA) is 68.9 Å². The molecule has 1 amide bonds. The van der Waals surface area contributed by atoms with Gasteiger partial charge in [0.2, 0.25) is 5.91 Å². The third kappa shape index (κ3) is 4.28. The Hall–Kier alpha value is -2.44. The molecule has 0 atom stereocenters. The lowest BCUT2D eigenvalue weighted by Crippen LogP contribution is -2.15. The summed E-state index contributed by atoms with van der Waals surface area (Å²) in [7, 11) is 0. The maximum Gasteiger partial charge on any atom is 0.419 e. The number of hydrogen-bond acceptors (Lipinski definition) is 3. The molecule has 0 saturated heterocycles. The van der Waals surface area contributed by atoms with Crippen molar-refractivity contribution in [3.63, 3.8) is 0 Å². The van der Waals surface area contributed by atoms with Crippen molar-refractivity contribution in [3.05, 3.63) is 59.2 Å². The predicted octanol–water partition coefficient (Wildman–Crippen LogP) is 2.31. The summed E-state index contributed by atoms with van der Waals surface area (Å²) in [6.45, 7) is 0. The molecule has 0 aliphatic carbocycles. The second-order valence-corrected chi connectivity index (χ2v) is 4.80. The fraction of sp³-hybridized carbons (Fsp3) is 0.267. The van der Waals surface area contributed by atoms with Crippen LogP contribution in [0.25, 0.3) is 0 Å². The number of carbonyl (C=O) groups is 1. The van der Waals surface area contributed by atoms with Gasteiger partial charge in [0.25, 0.3) is 0 Å². The van der Waals surface area contributed by atoms with E-state index < -0.39 is 17.6 Å². The lowest BCUT2D eigenvalue weighted by Gasteiger charge is -2.08. The second-order valence-electron chi connectivity index (χ2n) is 4.80. The van der Waals surface area contributed by atoms with Gasteiger partial charge in [0.05, 0.1) is 12.0 Å². The molecule has 1 aromatic carbocycles. The minimum absolute atomic E-state index is 0.129. The van der Waals surface area contributed by atoms with Crippen LogP contribution in [0.2, 0.25) is 0 Å². The van der Waals surface area contributed by atoms with Gasteiger partial charge in [-0.05, 0) is 17.5 Å². The summed E-state index contributed by atoms with van der Waals surface area (Å²) in [5, 5.41) is 0. The first kappa shape index (κ1) is 15.9. The molecule has 0 aliphatic rings. The molecule has 4 nitrogen and oxygen atoms in total. The molecule has 0 unspecified atom stereocenters. The summed E-state index contributed by atoms with van der Waals surface area (Å²) in [6.07, 6.45) is -1.85. The highest BCUT2D eigenvalue weighted by atomic mass is 19.4. The molecular weight excluding hydrogens is 295 g/mol. The molecular formula is C15H14F3N3O. The van der Waals surface area contributed by atoms with Gasteiger partial charge in [0.15, 0.2) is 0 Å². The lowest BCUT2D eigenvalue weighted by molar-refractivity contribution is -0.138. The van der Waals surface area contributed by atoms with Gasteiger partial charge in [0, 0.05) is 18.8 Å². The van der Waals surface area contributed by atoms with Crippen molar-refractivity contribution in [2.45, 2.75) is 25.4 Å². The zero-order valence-corrected chi connectivity index (χ0v) is 11.6. The highest BCUT2D eigenvalue weighted by molar-refractivity contribution is 5.77. The third-order valence-electron chi connectivity index (χ3n) is 3.13. The summed E-state index contributed by atoms with van der Waals surface area (Å²) < 4.78 is 37.3. The number of nitrogens with two attached hydrogens (primary N) is 1. The highest BCUT2D eigenvalue weighted by Crippen LogP contribution is 2.27. The molecule has 22 heavy (non-hydrogen) atoms. The van der Waals surface area contributed by atoms with E-state index in [1.54, 1.807) is 12.1 Å². The number of rotatable bonds is 5. The van der Waals surface area contributed by atoms with Crippen molar-refractivity contribution in [2.75, 3.05) is 0 Å². The van der Waals surface area contributed by atoms with Crippen LogP contribution >= 0.6 is 0 Å². The maximum atomic E-state index is 12.4. The van der Waals surface area contributed by atoms with Gasteiger partial charge in [-0.25, -0.2) is 9.97 Å². The number of benzene rings is 1. The van der Waals surface area contributed by atoms with Crippen LogP contribution in [0.1, 0.15) is 22.5 Å². The van der Waals surface area contributed by atoms with Crippen molar-refractivity contribution in [2.24, 2.45) is 5.73 Å². The number of primary amides is 1. The van der Waals surface area contributed by atoms with Crippen molar-refractivity contribution >= 4 is 5.91 Å². The van der Waals surface area contributed by atoms with Crippen molar-refractivity contribution in [3.8, 4) is 0 Å². The minimum Gasteiger partial charge on any atom is -0.369 e. The average molecular weight is 309 g/mol. The van der Waals surface area contributed by atoms with E-state index in [0.717, 1.165) is 23.5 Å². The Bertz CT molecular complexity index is 654. The molecule has 0 bridgehead atoms. The number of halogens is 3. The van der Waals surface area contributed by atoms with Crippen molar-refractivity contribution < 1.29 is 18.0 Å². The van der Waals surface area contributed by atoms with E-state index in [2.05, 4.69) is 9.97 Å². The fourth-order valence-electron chi connectivity index (χ4n) is 2.04. The molecule has 0 radical (unpaired) electrons. The number of aromatic nitrogens is 2. The largest absolute Gasteiger partial charge is 0.419 e. The van der Waals surface area contributed by atoms with E-state index in [1.165, 1.54) is 0 Å². The molecule has 0 spiro atoms. The Balaban J connectivity index is 2.06. The Kier molecular flexibility index (Phi) is 4.75. The van der Waals surface area contributed by atoms with E-state index in [0.29, 0.717) is 18.7 Å². The van der Waals surface area contributed by atoms with E-state index in [1.807, 2.05) is 12.1 Å². The number of carbonyl (C=O) groups excluding carboxylic acids is 1. The van der Waals surface area contributed by atoms with Crippen molar-refractivity contribution in [1.82, 2.24) is 9.97 Å². The third-order valence-corrected chi connectivity index (χ3v) is 3.13. The fourth-order valence-corrected chi connectivity index (χ4v) is 2.04. The Morgan fingerprint density at radius 1 is 1.05 bits per heavy atom. The Labute approximate surface area is 125 Å². The summed E-state index contributed by atoms with van der Waals surface area (Å²) in [5.41, 5.74) is 6.03. The normalized spacial score (nSPS) is 11.4. The van der Waals surface area contributed by atoms with E-state index >= 15 is 0 Å². The SMILES string of the molecule is NC(=O)Cc1ccccc1CCc1ncc(C(F)(F)F)cn1. The van der Waals surface area contributed by atoms with Gasteiger partial charge in [-0.3, -0.25) is 4.79 Å². The number of hydrogen-bond donors (Lipinski definition) is 1. The molecule has 2 rings (SSSR count). The Morgan fingerprint density at radius 3 is 2.18 bits per heavy atom. The monoisotopic (exact) mass is 309 g/mol. The van der Waals surface area contributed by atoms with Crippen LogP contribution in [0.5, 0.6) is 0 Å². The summed E-state index contributed by atoms with van der Waals surface area (Å²) >= 11 is 0. The lowest BCUT2D eigenvalue weighted by atomic mass is 10.00. The average Bonchev–Trinajstić information content (AvgIpc) is 2.45. The van der Waals surface area contributed by atoms with Gasteiger partial charge in [-0.2, -0.15) is 13.2 Å². The van der Waals surface area contributed by atoms with Crippen LogP contribution in [-0.2, 0) is 30.2 Å². The standard InChI is InChI=1S/C15H14F3N3O/c16-15(17,18)12-8-20-14(21-9-12)6-5-10-3-1-2-4-11(10)7-13(19)22/h1-4,8-9H,5-7H2,(H2,19,22). The summed E-state index contributed by atoms with van der Waals surface area (Å²) in [4.78, 5) is 18.5. The van der Waals surface area contributed by atoms with E-state index in [4.69, 9.17) is 5.73 Å². The molecule has 0 saturated carbocycles. The van der Waals surface area contributed by atoms with Crippen LogP contribution in [0.4, 0.5) is 13.2 Å². The molecule has 1 heterocycles. The highest BCUT2D eigenvalue weighted by Gasteiger charge is 2.31. The molecule has 0 aliphatic heterocycles. The first-order chi connectivity index (χ1) is 10.4. The first-order valence-corrected chi connectivity index (χ1v) is 6.59. The number of amides is 1. The zero-order chi connectivity index (χ0) is 16.2. The van der Waals surface area contributed by atoms with Crippen LogP contribution in [0, 0.1) is 0 Å². The second kappa shape index (κ2) is 6.55. The van der Waals surface area contributed by atoms with Gasteiger partial charge in [0.1, 0.15) is 5.82 Å². The first-order valence-electron chi connectivity index (χ1n) is 6.59. The number of alkyl halides is 3. The minimum atomic E-state index is -4.44. The van der Waals surface area contributed by atoms with Gasteiger partial charge in [-0.15, -0.1) is 0 Å². The van der Waals surface area contributed by atoms with Gasteiger partial charge < -0.3 is 5.73 Å². The predicted molar refractivity (Wildman–Crippen MR) is 73.8 cm³/mol. The smallest absolute Gasteiger partial charge is 0.369 e. The molecule has 7 heteroatoms. The molecule has 116 valence electrons. The van der Waals surface area contributed by atoms with Crippen LogP contribution in [0.3, 0.4) is 0 Å². The number of nitrogens with zero attached hydrogens (tertiary/aromatic N) is 2. The quantitative estimate of drug-likeness (QED) is 0.921. The molecule has 2 N–H and O–H groups in total. The molecule has 2 aromatic rings. The summed E-state index contributed by atoms with van der Waals surface area (Å²) in [6, 6.07) is 7.28. The Morgan fingerprint density at radius 2 is 1.64 bits per heavy atom. The molecule has 0 fully saturated rings. The maximum absolute atomic E-state index is 12.4. The van der Waals surface area contributed by atoms with E-state index in [9.17, 15) is 18.0 Å². The van der Waals surface area contributed by atoms with Crippen molar-refractivity contribution in [1.29, 1.82) is 0 Å². The zero-order valence-electron chi connectivity index (χ0n) is 11.6. The van der Waals surface area contributed by atoms with Gasteiger partial charge >= 0.3 is 6.18 Å². The summed E-state index contributed by atoms with van der Waals surface area (Å²) in [5.74, 6) is -0.111. The van der Waals surface area contributed by atoms with E-state index in [-0.39, 0.29) is 6.42 Å². The van der Waals surface area contributed by atoms with Crippen LogP contribution in [0.15, 0.2) is 36.7 Å². The molecule has 1 aromatic heterocycles. The van der Waals surface area contributed by atoms with Crippen LogP contribution in [-0.4, -0.2) is 15.9 Å². The number of aryl methyl sites for hydroxylation is 2. The van der Waals surface area contributed by atoms with Gasteiger partial charge in [-0.1, -0.05) is 24.3 Å². The van der Waals surface area contributed by atoms with Crippen LogP contribution < -0.4 is 5.73 Å².